The Kier molecular flexibility index (Phi) is 3.87. The summed E-state index contributed by atoms with van der Waals surface area (Å²) < 4.78 is 1.93. The zero-order valence-electron chi connectivity index (χ0n) is 12.7. The zero-order chi connectivity index (χ0) is 15.5. The van der Waals surface area contributed by atoms with Gasteiger partial charge in [-0.3, -0.25) is 9.20 Å². The van der Waals surface area contributed by atoms with Crippen LogP contribution in [-0.2, 0) is 6.42 Å². The molecule has 3 aromatic rings. The topological polar surface area (TPSA) is 59.3 Å². The second-order valence-electron chi connectivity index (χ2n) is 5.37. The molecule has 1 amide bonds. The number of benzene rings is 1. The first kappa shape index (κ1) is 14.3. The summed E-state index contributed by atoms with van der Waals surface area (Å²) in [6.45, 7) is 4.46. The Hall–Kier alpha value is -2.69. The van der Waals surface area contributed by atoms with Gasteiger partial charge in [-0.25, -0.2) is 0 Å². The van der Waals surface area contributed by atoms with E-state index in [2.05, 4.69) is 15.5 Å². The van der Waals surface area contributed by atoms with Gasteiger partial charge in [0.05, 0.1) is 0 Å². The molecule has 0 unspecified atom stereocenters. The number of nitrogens with zero attached hydrogens (tertiary/aromatic N) is 3. The maximum absolute atomic E-state index is 12.3. The maximum atomic E-state index is 12.3. The molecule has 5 nitrogen and oxygen atoms in total. The van der Waals surface area contributed by atoms with Crippen LogP contribution >= 0.6 is 0 Å². The zero-order valence-corrected chi connectivity index (χ0v) is 12.7. The summed E-state index contributed by atoms with van der Waals surface area (Å²) in [6, 6.07) is 11.7. The molecule has 0 aliphatic rings. The summed E-state index contributed by atoms with van der Waals surface area (Å²) in [4.78, 5) is 12.3. The third-order valence-corrected chi connectivity index (χ3v) is 3.66. The summed E-state index contributed by atoms with van der Waals surface area (Å²) in [7, 11) is 0. The number of hydrogen-bond acceptors (Lipinski definition) is 3. The van der Waals surface area contributed by atoms with Gasteiger partial charge in [-0.1, -0.05) is 23.8 Å². The van der Waals surface area contributed by atoms with Gasteiger partial charge in [0.2, 0.25) is 0 Å². The molecule has 0 radical (unpaired) electrons. The lowest BCUT2D eigenvalue weighted by atomic mass is 10.1. The van der Waals surface area contributed by atoms with Crippen LogP contribution in [-0.4, -0.2) is 27.0 Å². The average molecular weight is 294 g/mol. The number of nitrogens with one attached hydrogen (secondary N) is 1. The number of carbonyl (C=O) groups is 1. The minimum atomic E-state index is -0.0463. The van der Waals surface area contributed by atoms with Crippen LogP contribution in [0.5, 0.6) is 0 Å². The second kappa shape index (κ2) is 5.97. The van der Waals surface area contributed by atoms with Crippen LogP contribution < -0.4 is 5.32 Å². The standard InChI is InChI=1S/C17H18N4O/c1-12-6-7-13(2)14(11-12)17(22)18-9-8-16-20-19-15-5-3-4-10-21(15)16/h3-7,10-11H,8-9H2,1-2H3,(H,18,22). The molecular formula is C17H18N4O. The fraction of sp³-hybridized carbons (Fsp3) is 0.235. The fourth-order valence-electron chi connectivity index (χ4n) is 2.42. The smallest absolute Gasteiger partial charge is 0.251 e. The number of rotatable bonds is 4. The van der Waals surface area contributed by atoms with Crippen molar-refractivity contribution in [3.63, 3.8) is 0 Å². The first-order valence-corrected chi connectivity index (χ1v) is 7.29. The van der Waals surface area contributed by atoms with Crippen molar-refractivity contribution in [3.8, 4) is 0 Å². The van der Waals surface area contributed by atoms with Crippen LogP contribution in [0.3, 0.4) is 0 Å². The molecule has 0 aliphatic carbocycles. The lowest BCUT2D eigenvalue weighted by molar-refractivity contribution is 0.0953. The van der Waals surface area contributed by atoms with E-state index in [0.29, 0.717) is 13.0 Å². The first-order valence-electron chi connectivity index (χ1n) is 7.29. The van der Waals surface area contributed by atoms with Crippen molar-refractivity contribution in [1.82, 2.24) is 19.9 Å². The molecule has 0 aliphatic heterocycles. The monoisotopic (exact) mass is 294 g/mol. The predicted octanol–water partition coefficient (Wildman–Crippen LogP) is 2.32. The predicted molar refractivity (Wildman–Crippen MR) is 84.9 cm³/mol. The van der Waals surface area contributed by atoms with E-state index in [9.17, 15) is 4.79 Å². The molecule has 5 heteroatoms. The molecular weight excluding hydrogens is 276 g/mol. The summed E-state index contributed by atoms with van der Waals surface area (Å²) in [5.41, 5.74) is 3.61. The van der Waals surface area contributed by atoms with E-state index in [4.69, 9.17) is 0 Å². The minimum absolute atomic E-state index is 0.0463. The quantitative estimate of drug-likeness (QED) is 0.803. The highest BCUT2D eigenvalue weighted by molar-refractivity contribution is 5.95. The van der Waals surface area contributed by atoms with Gasteiger partial charge >= 0.3 is 0 Å². The summed E-state index contributed by atoms with van der Waals surface area (Å²) >= 11 is 0. The van der Waals surface area contributed by atoms with Gasteiger partial charge in [-0.05, 0) is 37.6 Å². The number of aromatic nitrogens is 3. The molecule has 1 aromatic carbocycles. The minimum Gasteiger partial charge on any atom is -0.352 e. The van der Waals surface area contributed by atoms with Crippen molar-refractivity contribution in [1.29, 1.82) is 0 Å². The van der Waals surface area contributed by atoms with Crippen LogP contribution in [0.2, 0.25) is 0 Å². The van der Waals surface area contributed by atoms with E-state index in [0.717, 1.165) is 28.2 Å². The lowest BCUT2D eigenvalue weighted by Crippen LogP contribution is -2.27. The second-order valence-corrected chi connectivity index (χ2v) is 5.37. The van der Waals surface area contributed by atoms with Crippen molar-refractivity contribution in [2.24, 2.45) is 0 Å². The van der Waals surface area contributed by atoms with Crippen molar-refractivity contribution in [3.05, 3.63) is 65.1 Å². The Balaban J connectivity index is 1.65. The number of hydrogen-bond donors (Lipinski definition) is 1. The highest BCUT2D eigenvalue weighted by atomic mass is 16.1. The Morgan fingerprint density at radius 3 is 2.91 bits per heavy atom. The molecule has 112 valence electrons. The SMILES string of the molecule is Cc1ccc(C)c(C(=O)NCCc2nnc3ccccn23)c1. The van der Waals surface area contributed by atoms with E-state index in [1.807, 2.05) is 60.8 Å². The lowest BCUT2D eigenvalue weighted by Gasteiger charge is -2.08. The molecule has 0 atom stereocenters. The Labute approximate surface area is 129 Å². The molecule has 0 fully saturated rings. The molecule has 0 bridgehead atoms. The normalized spacial score (nSPS) is 10.8. The van der Waals surface area contributed by atoms with E-state index in [-0.39, 0.29) is 5.91 Å². The Bertz CT molecular complexity index is 822. The average Bonchev–Trinajstić information content (AvgIpc) is 2.93. The molecule has 2 heterocycles. The van der Waals surface area contributed by atoms with E-state index < -0.39 is 0 Å². The summed E-state index contributed by atoms with van der Waals surface area (Å²) in [5, 5.41) is 11.2. The van der Waals surface area contributed by atoms with Crippen molar-refractivity contribution in [2.75, 3.05) is 6.54 Å². The third-order valence-electron chi connectivity index (χ3n) is 3.66. The van der Waals surface area contributed by atoms with Crippen molar-refractivity contribution >= 4 is 11.6 Å². The molecule has 22 heavy (non-hydrogen) atoms. The van der Waals surface area contributed by atoms with E-state index in [1.54, 1.807) is 0 Å². The highest BCUT2D eigenvalue weighted by Crippen LogP contribution is 2.10. The molecule has 2 aromatic heterocycles. The summed E-state index contributed by atoms with van der Waals surface area (Å²) in [5.74, 6) is 0.798. The van der Waals surface area contributed by atoms with Gasteiger partial charge in [0, 0.05) is 24.7 Å². The van der Waals surface area contributed by atoms with Crippen LogP contribution in [0.15, 0.2) is 42.6 Å². The molecule has 0 saturated carbocycles. The molecule has 0 saturated heterocycles. The number of carbonyl (C=O) groups excluding carboxylic acids is 1. The number of pyridine rings is 1. The molecule has 1 N–H and O–H groups in total. The van der Waals surface area contributed by atoms with Crippen molar-refractivity contribution < 1.29 is 4.79 Å². The van der Waals surface area contributed by atoms with Crippen molar-refractivity contribution in [2.45, 2.75) is 20.3 Å². The number of aryl methyl sites for hydroxylation is 2. The van der Waals surface area contributed by atoms with Gasteiger partial charge < -0.3 is 5.32 Å². The van der Waals surface area contributed by atoms with Crippen LogP contribution in [0.4, 0.5) is 0 Å². The molecule has 0 spiro atoms. The highest BCUT2D eigenvalue weighted by Gasteiger charge is 2.10. The van der Waals surface area contributed by atoms with Gasteiger partial charge in [-0.2, -0.15) is 0 Å². The molecule has 3 rings (SSSR count). The van der Waals surface area contributed by atoms with Gasteiger partial charge in [-0.15, -0.1) is 10.2 Å². The third kappa shape index (κ3) is 2.83. The first-order chi connectivity index (χ1) is 10.6. The van der Waals surface area contributed by atoms with Crippen LogP contribution in [0.1, 0.15) is 27.3 Å². The largest absolute Gasteiger partial charge is 0.352 e. The number of amides is 1. The maximum Gasteiger partial charge on any atom is 0.251 e. The van der Waals surface area contributed by atoms with Gasteiger partial charge in [0.15, 0.2) is 5.65 Å². The summed E-state index contributed by atoms with van der Waals surface area (Å²) in [6.07, 6.45) is 2.57. The Morgan fingerprint density at radius 2 is 2.05 bits per heavy atom. The Morgan fingerprint density at radius 1 is 1.18 bits per heavy atom. The van der Waals surface area contributed by atoms with Crippen LogP contribution in [0.25, 0.3) is 5.65 Å². The van der Waals surface area contributed by atoms with Crippen LogP contribution in [0, 0.1) is 13.8 Å². The van der Waals surface area contributed by atoms with E-state index >= 15 is 0 Å². The van der Waals surface area contributed by atoms with E-state index in [1.165, 1.54) is 0 Å². The van der Waals surface area contributed by atoms with Gasteiger partial charge in [0.25, 0.3) is 5.91 Å². The van der Waals surface area contributed by atoms with Gasteiger partial charge in [0.1, 0.15) is 5.82 Å². The number of fused-ring (bicyclic) bond motifs is 1. The fourth-order valence-corrected chi connectivity index (χ4v) is 2.42.